The first-order valence-electron chi connectivity index (χ1n) is 5.72. The molecule has 1 aromatic heterocycles. The summed E-state index contributed by atoms with van der Waals surface area (Å²) in [4.78, 5) is 6.95. The van der Waals surface area contributed by atoms with Crippen LogP contribution in [-0.4, -0.2) is 9.97 Å². The number of ether oxygens (including phenoxy) is 1. The predicted molar refractivity (Wildman–Crippen MR) is 67.3 cm³/mol. The van der Waals surface area contributed by atoms with Gasteiger partial charge in [0.2, 0.25) is 0 Å². The van der Waals surface area contributed by atoms with Crippen LogP contribution in [0.25, 0.3) is 11.0 Å². The zero-order chi connectivity index (χ0) is 13.4. The molecule has 0 saturated carbocycles. The normalized spacial score (nSPS) is 10.9. The molecule has 19 heavy (non-hydrogen) atoms. The summed E-state index contributed by atoms with van der Waals surface area (Å²) in [5.41, 5.74) is 0.766. The third-order valence-electron chi connectivity index (χ3n) is 2.73. The molecule has 0 spiro atoms. The lowest BCUT2D eigenvalue weighted by atomic mass is 10.2. The fourth-order valence-electron chi connectivity index (χ4n) is 1.87. The van der Waals surface area contributed by atoms with Crippen LogP contribution in [-0.2, 0) is 0 Å². The van der Waals surface area contributed by atoms with Gasteiger partial charge in [-0.25, -0.2) is 13.8 Å². The zero-order valence-electron chi connectivity index (χ0n) is 10.1. The molecule has 0 fully saturated rings. The molecular formula is C14H10F2N2O. The molecule has 0 aliphatic carbocycles. The summed E-state index contributed by atoms with van der Waals surface area (Å²) in [6, 6.07) is 8.95. The Hall–Kier alpha value is -2.43. The molecule has 0 amide bonds. The third kappa shape index (κ3) is 2.03. The van der Waals surface area contributed by atoms with E-state index in [4.69, 9.17) is 4.74 Å². The van der Waals surface area contributed by atoms with Crippen molar-refractivity contribution in [3.63, 3.8) is 0 Å². The first-order valence-corrected chi connectivity index (χ1v) is 5.72. The van der Waals surface area contributed by atoms with E-state index in [-0.39, 0.29) is 17.0 Å². The largest absolute Gasteiger partial charge is 0.451 e. The van der Waals surface area contributed by atoms with Gasteiger partial charge in [0, 0.05) is 0 Å². The van der Waals surface area contributed by atoms with Crippen LogP contribution in [0.2, 0.25) is 0 Å². The van der Waals surface area contributed by atoms with Crippen molar-refractivity contribution >= 4 is 11.0 Å². The van der Waals surface area contributed by atoms with Gasteiger partial charge in [0.15, 0.2) is 23.1 Å². The summed E-state index contributed by atoms with van der Waals surface area (Å²) in [7, 11) is 0. The van der Waals surface area contributed by atoms with Crippen LogP contribution in [0.4, 0.5) is 8.78 Å². The molecule has 3 rings (SSSR count). The van der Waals surface area contributed by atoms with Gasteiger partial charge in [-0.05, 0) is 31.2 Å². The number of nitrogens with one attached hydrogen (secondary N) is 1. The Kier molecular flexibility index (Phi) is 2.67. The Morgan fingerprint density at radius 1 is 1.05 bits per heavy atom. The van der Waals surface area contributed by atoms with Gasteiger partial charge in [0.1, 0.15) is 11.3 Å². The first kappa shape index (κ1) is 11.6. The highest BCUT2D eigenvalue weighted by Gasteiger charge is 2.13. The van der Waals surface area contributed by atoms with Crippen LogP contribution in [0.1, 0.15) is 5.82 Å². The average Bonchev–Trinajstić information content (AvgIpc) is 2.77. The second-order valence-corrected chi connectivity index (χ2v) is 4.13. The lowest BCUT2D eigenvalue weighted by molar-refractivity contribution is 0.417. The third-order valence-corrected chi connectivity index (χ3v) is 2.73. The molecule has 0 atom stereocenters. The Labute approximate surface area is 107 Å². The minimum atomic E-state index is -0.606. The number of rotatable bonds is 2. The minimum absolute atomic E-state index is 0.0204. The molecule has 0 aliphatic heterocycles. The number of aryl methyl sites for hydroxylation is 1. The van der Waals surface area contributed by atoms with E-state index in [0.717, 1.165) is 0 Å². The number of halogens is 2. The summed E-state index contributed by atoms with van der Waals surface area (Å²) >= 11 is 0. The van der Waals surface area contributed by atoms with E-state index in [1.54, 1.807) is 25.1 Å². The number of fused-ring (bicyclic) bond motifs is 1. The predicted octanol–water partition coefficient (Wildman–Crippen LogP) is 3.94. The number of hydrogen-bond acceptors (Lipinski definition) is 2. The van der Waals surface area contributed by atoms with E-state index < -0.39 is 11.6 Å². The number of hydrogen-bond donors (Lipinski definition) is 1. The molecule has 3 nitrogen and oxygen atoms in total. The molecule has 96 valence electrons. The van der Waals surface area contributed by atoms with Gasteiger partial charge in [0.05, 0.1) is 5.52 Å². The number of H-pyrrole nitrogens is 1. The Morgan fingerprint density at radius 3 is 2.63 bits per heavy atom. The van der Waals surface area contributed by atoms with Crippen molar-refractivity contribution in [2.24, 2.45) is 0 Å². The number of para-hydroxylation sites is 1. The molecule has 0 saturated heterocycles. The number of imidazole rings is 1. The van der Waals surface area contributed by atoms with E-state index in [1.165, 1.54) is 18.2 Å². The van der Waals surface area contributed by atoms with Crippen molar-refractivity contribution in [1.82, 2.24) is 9.97 Å². The molecule has 0 bridgehead atoms. The molecule has 0 unspecified atom stereocenters. The van der Waals surface area contributed by atoms with Crippen LogP contribution in [0, 0.1) is 18.6 Å². The fourth-order valence-corrected chi connectivity index (χ4v) is 1.87. The highest BCUT2D eigenvalue weighted by Crippen LogP contribution is 2.30. The Morgan fingerprint density at radius 2 is 1.84 bits per heavy atom. The van der Waals surface area contributed by atoms with Crippen LogP contribution in [0.15, 0.2) is 36.4 Å². The van der Waals surface area contributed by atoms with Crippen LogP contribution >= 0.6 is 0 Å². The Bertz CT molecular complexity index is 752. The maximum absolute atomic E-state index is 14.2. The number of benzene rings is 2. The van der Waals surface area contributed by atoms with Gasteiger partial charge in [-0.2, -0.15) is 0 Å². The molecular weight excluding hydrogens is 250 g/mol. The summed E-state index contributed by atoms with van der Waals surface area (Å²) < 4.78 is 32.9. The van der Waals surface area contributed by atoms with Crippen molar-refractivity contribution in [3.8, 4) is 11.5 Å². The lowest BCUT2D eigenvalue weighted by Crippen LogP contribution is -1.91. The van der Waals surface area contributed by atoms with Gasteiger partial charge in [-0.15, -0.1) is 0 Å². The zero-order valence-corrected chi connectivity index (χ0v) is 10.1. The van der Waals surface area contributed by atoms with Gasteiger partial charge in [0.25, 0.3) is 0 Å². The average molecular weight is 260 g/mol. The smallest absolute Gasteiger partial charge is 0.193 e. The number of aromatic amines is 1. The van der Waals surface area contributed by atoms with E-state index in [1.807, 2.05) is 0 Å². The second kappa shape index (κ2) is 4.35. The molecule has 3 aromatic rings. The van der Waals surface area contributed by atoms with Gasteiger partial charge in [-0.3, -0.25) is 0 Å². The van der Waals surface area contributed by atoms with Crippen molar-refractivity contribution in [2.45, 2.75) is 6.92 Å². The van der Waals surface area contributed by atoms with Gasteiger partial charge in [-0.1, -0.05) is 12.1 Å². The van der Waals surface area contributed by atoms with E-state index in [2.05, 4.69) is 9.97 Å². The minimum Gasteiger partial charge on any atom is -0.451 e. The first-order chi connectivity index (χ1) is 9.15. The number of aromatic nitrogens is 2. The summed E-state index contributed by atoms with van der Waals surface area (Å²) in [5.74, 6) is -0.612. The standard InChI is InChI=1S/C14H10F2N2O/c1-8-17-10-6-7-12(13(16)14(10)18-8)19-11-5-3-2-4-9(11)15/h2-7H,1H3,(H,17,18). The topological polar surface area (TPSA) is 37.9 Å². The molecule has 2 aromatic carbocycles. The fraction of sp³-hybridized carbons (Fsp3) is 0.0714. The monoisotopic (exact) mass is 260 g/mol. The van der Waals surface area contributed by atoms with Crippen LogP contribution < -0.4 is 4.74 Å². The summed E-state index contributed by atoms with van der Waals surface area (Å²) in [6.07, 6.45) is 0. The molecule has 0 aliphatic rings. The van der Waals surface area contributed by atoms with Crippen LogP contribution in [0.5, 0.6) is 11.5 Å². The van der Waals surface area contributed by atoms with Crippen molar-refractivity contribution < 1.29 is 13.5 Å². The summed E-state index contributed by atoms with van der Waals surface area (Å²) in [5, 5.41) is 0. The number of nitrogens with zero attached hydrogens (tertiary/aromatic N) is 1. The van der Waals surface area contributed by atoms with E-state index in [9.17, 15) is 8.78 Å². The second-order valence-electron chi connectivity index (χ2n) is 4.13. The molecule has 0 radical (unpaired) electrons. The SMILES string of the molecule is Cc1nc2c(F)c(Oc3ccccc3F)ccc2[nH]1. The molecule has 1 heterocycles. The maximum atomic E-state index is 14.2. The maximum Gasteiger partial charge on any atom is 0.193 e. The van der Waals surface area contributed by atoms with Gasteiger partial charge >= 0.3 is 0 Å². The quantitative estimate of drug-likeness (QED) is 0.757. The Balaban J connectivity index is 2.06. The van der Waals surface area contributed by atoms with E-state index >= 15 is 0 Å². The molecule has 5 heteroatoms. The van der Waals surface area contributed by atoms with E-state index in [0.29, 0.717) is 11.3 Å². The van der Waals surface area contributed by atoms with Gasteiger partial charge < -0.3 is 9.72 Å². The lowest BCUT2D eigenvalue weighted by Gasteiger charge is -2.07. The summed E-state index contributed by atoms with van der Waals surface area (Å²) in [6.45, 7) is 1.73. The van der Waals surface area contributed by atoms with Crippen molar-refractivity contribution in [3.05, 3.63) is 53.9 Å². The van der Waals surface area contributed by atoms with Crippen molar-refractivity contribution in [1.29, 1.82) is 0 Å². The highest BCUT2D eigenvalue weighted by molar-refractivity contribution is 5.77. The van der Waals surface area contributed by atoms with Crippen molar-refractivity contribution in [2.75, 3.05) is 0 Å². The molecule has 1 N–H and O–H groups in total. The highest BCUT2D eigenvalue weighted by atomic mass is 19.1. The van der Waals surface area contributed by atoms with Crippen LogP contribution in [0.3, 0.4) is 0 Å².